The Morgan fingerprint density at radius 1 is 1.50 bits per heavy atom. The molecule has 0 atom stereocenters. The highest BCUT2D eigenvalue weighted by atomic mass is 32.1. The first-order chi connectivity index (χ1) is 9.60. The monoisotopic (exact) mass is 294 g/mol. The number of hydrazine groups is 1. The molecule has 0 spiro atoms. The molecule has 1 aromatic carbocycles. The van der Waals surface area contributed by atoms with Crippen molar-refractivity contribution in [2.75, 3.05) is 7.05 Å². The Bertz CT molecular complexity index is 588. The number of carbonyl (C=O) groups is 1. The predicted molar refractivity (Wildman–Crippen MR) is 75.3 cm³/mol. The molecule has 0 aliphatic carbocycles. The summed E-state index contributed by atoms with van der Waals surface area (Å²) in [6, 6.07) is 4.19. The van der Waals surface area contributed by atoms with Gasteiger partial charge in [-0.05, 0) is 25.2 Å². The minimum absolute atomic E-state index is 0.339. The molecule has 0 fully saturated rings. The van der Waals surface area contributed by atoms with Gasteiger partial charge in [0.1, 0.15) is 5.82 Å². The summed E-state index contributed by atoms with van der Waals surface area (Å²) in [5, 5.41) is 1.95. The van der Waals surface area contributed by atoms with Crippen LogP contribution in [0.2, 0.25) is 0 Å². The molecular weight excluding hydrogens is 279 g/mol. The van der Waals surface area contributed by atoms with Crippen LogP contribution in [0.3, 0.4) is 0 Å². The number of amides is 1. The number of hydrogen-bond acceptors (Lipinski definition) is 5. The van der Waals surface area contributed by atoms with E-state index in [2.05, 4.69) is 4.98 Å². The highest BCUT2D eigenvalue weighted by Crippen LogP contribution is 2.14. The summed E-state index contributed by atoms with van der Waals surface area (Å²) in [5.74, 6) is 4.29. The summed E-state index contributed by atoms with van der Waals surface area (Å²) in [4.78, 5) is 17.5. The van der Waals surface area contributed by atoms with Crippen LogP contribution in [0.5, 0.6) is 0 Å². The Hall–Kier alpha value is -1.83. The van der Waals surface area contributed by atoms with Crippen LogP contribution < -0.4 is 11.3 Å². The Kier molecular flexibility index (Phi) is 4.78. The van der Waals surface area contributed by atoms with E-state index in [9.17, 15) is 9.18 Å². The van der Waals surface area contributed by atoms with Crippen molar-refractivity contribution in [2.45, 2.75) is 13.1 Å². The Morgan fingerprint density at radius 2 is 2.30 bits per heavy atom. The van der Waals surface area contributed by atoms with Gasteiger partial charge in [-0.2, -0.15) is 0 Å². The van der Waals surface area contributed by atoms with Gasteiger partial charge >= 0.3 is 0 Å². The van der Waals surface area contributed by atoms with Gasteiger partial charge in [-0.1, -0.05) is 0 Å². The van der Waals surface area contributed by atoms with Gasteiger partial charge in [0.05, 0.1) is 11.2 Å². The fourth-order valence-electron chi connectivity index (χ4n) is 1.86. The second kappa shape index (κ2) is 6.56. The number of rotatable bonds is 5. The van der Waals surface area contributed by atoms with Crippen LogP contribution in [0.25, 0.3) is 0 Å². The zero-order valence-electron chi connectivity index (χ0n) is 11.0. The van der Waals surface area contributed by atoms with Gasteiger partial charge in [-0.3, -0.25) is 15.1 Å². The third-order valence-electron chi connectivity index (χ3n) is 2.79. The fraction of sp³-hybridized carbons (Fsp3) is 0.231. The Balaban J connectivity index is 2.09. The number of nitrogens with zero attached hydrogens (tertiary/aromatic N) is 2. The van der Waals surface area contributed by atoms with E-state index in [1.807, 2.05) is 22.8 Å². The molecule has 0 saturated carbocycles. The summed E-state index contributed by atoms with van der Waals surface area (Å²) in [5.41, 5.74) is 5.52. The molecule has 7 heteroatoms. The fourth-order valence-corrected chi connectivity index (χ4v) is 2.41. The molecule has 0 saturated heterocycles. The highest BCUT2D eigenvalue weighted by Gasteiger charge is 2.11. The molecule has 5 nitrogen and oxygen atoms in total. The van der Waals surface area contributed by atoms with Gasteiger partial charge in [-0.25, -0.2) is 15.2 Å². The van der Waals surface area contributed by atoms with E-state index in [4.69, 9.17) is 5.84 Å². The maximum atomic E-state index is 13.8. The first-order valence-corrected chi connectivity index (χ1v) is 6.89. The van der Waals surface area contributed by atoms with E-state index < -0.39 is 5.91 Å². The normalized spacial score (nSPS) is 10.8. The van der Waals surface area contributed by atoms with Gasteiger partial charge in [0, 0.05) is 29.6 Å². The Morgan fingerprint density at radius 3 is 2.95 bits per heavy atom. The molecule has 3 N–H and O–H groups in total. The van der Waals surface area contributed by atoms with Crippen LogP contribution >= 0.6 is 11.3 Å². The molecule has 0 aliphatic rings. The molecular formula is C13H15FN4OS. The van der Waals surface area contributed by atoms with E-state index in [1.54, 1.807) is 5.51 Å². The van der Waals surface area contributed by atoms with Crippen molar-refractivity contribution in [3.05, 3.63) is 51.7 Å². The van der Waals surface area contributed by atoms with Crippen molar-refractivity contribution in [1.29, 1.82) is 0 Å². The van der Waals surface area contributed by atoms with Crippen molar-refractivity contribution < 1.29 is 9.18 Å². The summed E-state index contributed by atoms with van der Waals surface area (Å²) in [7, 11) is 1.87. The van der Waals surface area contributed by atoms with Gasteiger partial charge in [0.15, 0.2) is 0 Å². The molecule has 1 aromatic heterocycles. The molecule has 0 bridgehead atoms. The van der Waals surface area contributed by atoms with Gasteiger partial charge in [-0.15, -0.1) is 11.3 Å². The summed E-state index contributed by atoms with van der Waals surface area (Å²) < 4.78 is 13.8. The van der Waals surface area contributed by atoms with Crippen molar-refractivity contribution in [2.24, 2.45) is 5.84 Å². The first kappa shape index (κ1) is 14.6. The molecule has 0 radical (unpaired) electrons. The molecule has 0 unspecified atom stereocenters. The van der Waals surface area contributed by atoms with Crippen LogP contribution in [0.1, 0.15) is 21.6 Å². The van der Waals surface area contributed by atoms with Crippen molar-refractivity contribution in [1.82, 2.24) is 15.3 Å². The number of carbonyl (C=O) groups excluding carboxylic acids is 1. The number of hydrogen-bond donors (Lipinski definition) is 2. The average Bonchev–Trinajstić information content (AvgIpc) is 2.93. The third-order valence-corrected chi connectivity index (χ3v) is 3.43. The van der Waals surface area contributed by atoms with Gasteiger partial charge < -0.3 is 0 Å². The van der Waals surface area contributed by atoms with E-state index in [1.165, 1.54) is 29.5 Å². The number of nitrogens with two attached hydrogens (primary N) is 1. The molecule has 106 valence electrons. The zero-order valence-corrected chi connectivity index (χ0v) is 11.8. The summed E-state index contributed by atoms with van der Waals surface area (Å²) in [6.07, 6.45) is 0. The van der Waals surface area contributed by atoms with Crippen LogP contribution in [0.15, 0.2) is 29.1 Å². The van der Waals surface area contributed by atoms with Crippen molar-refractivity contribution in [3.63, 3.8) is 0 Å². The standard InChI is InChI=1S/C13H15FN4OS/c1-18(6-11-7-20-8-16-11)5-10-4-9(13(19)17-15)2-3-12(10)14/h2-4,7-8H,5-6,15H2,1H3,(H,17,19). The lowest BCUT2D eigenvalue weighted by Crippen LogP contribution is -2.30. The topological polar surface area (TPSA) is 71.2 Å². The largest absolute Gasteiger partial charge is 0.296 e. The maximum absolute atomic E-state index is 13.8. The van der Waals surface area contributed by atoms with E-state index >= 15 is 0 Å². The average molecular weight is 294 g/mol. The van der Waals surface area contributed by atoms with Crippen LogP contribution in [-0.4, -0.2) is 22.8 Å². The van der Waals surface area contributed by atoms with E-state index in [-0.39, 0.29) is 5.82 Å². The molecule has 1 amide bonds. The van der Waals surface area contributed by atoms with Crippen LogP contribution in [-0.2, 0) is 13.1 Å². The molecule has 1 heterocycles. The number of thiazole rings is 1. The number of nitrogen functional groups attached to an aromatic ring is 1. The summed E-state index contributed by atoms with van der Waals surface area (Å²) in [6.45, 7) is 1.01. The number of aromatic nitrogens is 1. The second-order valence-corrected chi connectivity index (χ2v) is 5.15. The van der Waals surface area contributed by atoms with Crippen LogP contribution in [0, 0.1) is 5.82 Å². The Labute approximate surface area is 120 Å². The van der Waals surface area contributed by atoms with Gasteiger partial charge in [0.25, 0.3) is 5.91 Å². The number of benzene rings is 1. The third kappa shape index (κ3) is 3.60. The summed E-state index contributed by atoms with van der Waals surface area (Å²) >= 11 is 1.52. The molecule has 0 aliphatic heterocycles. The van der Waals surface area contributed by atoms with Crippen molar-refractivity contribution in [3.8, 4) is 0 Å². The zero-order chi connectivity index (χ0) is 14.5. The van der Waals surface area contributed by atoms with Gasteiger partial charge in [0.2, 0.25) is 0 Å². The minimum Gasteiger partial charge on any atom is -0.296 e. The SMILES string of the molecule is CN(Cc1cscn1)Cc1cc(C(=O)NN)ccc1F. The lowest BCUT2D eigenvalue weighted by atomic mass is 10.1. The predicted octanol–water partition coefficient (Wildman–Crippen LogP) is 1.52. The molecule has 2 aromatic rings. The highest BCUT2D eigenvalue weighted by molar-refractivity contribution is 7.07. The second-order valence-electron chi connectivity index (χ2n) is 4.43. The minimum atomic E-state index is -0.437. The van der Waals surface area contributed by atoms with E-state index in [0.29, 0.717) is 24.2 Å². The van der Waals surface area contributed by atoms with E-state index in [0.717, 1.165) is 5.69 Å². The lowest BCUT2D eigenvalue weighted by Gasteiger charge is -2.16. The van der Waals surface area contributed by atoms with Crippen LogP contribution in [0.4, 0.5) is 4.39 Å². The smallest absolute Gasteiger partial charge is 0.265 e. The van der Waals surface area contributed by atoms with Crippen molar-refractivity contribution >= 4 is 17.2 Å². The number of halogens is 1. The number of nitrogens with one attached hydrogen (secondary N) is 1. The molecule has 2 rings (SSSR count). The molecule has 20 heavy (non-hydrogen) atoms. The quantitative estimate of drug-likeness (QED) is 0.498. The first-order valence-electron chi connectivity index (χ1n) is 5.95. The maximum Gasteiger partial charge on any atom is 0.265 e. The lowest BCUT2D eigenvalue weighted by molar-refractivity contribution is 0.0953.